The second-order valence-corrected chi connectivity index (χ2v) is 12.1. The van der Waals surface area contributed by atoms with Crippen molar-refractivity contribution in [1.82, 2.24) is 30.4 Å². The minimum Gasteiger partial charge on any atom is -0.444 e. The van der Waals surface area contributed by atoms with Crippen LogP contribution in [0.5, 0.6) is 0 Å². The van der Waals surface area contributed by atoms with Gasteiger partial charge in [-0.1, -0.05) is 49.1 Å². The zero-order chi connectivity index (χ0) is 33.5. The first kappa shape index (κ1) is 33.4. The number of nitrogens with two attached hydrogens (primary N) is 1. The van der Waals surface area contributed by atoms with Gasteiger partial charge >= 0.3 is 6.09 Å². The predicted octanol–water partition coefficient (Wildman–Crippen LogP) is 5.82. The molecule has 4 rings (SSSR count). The monoisotopic (exact) mass is 625 g/mol. The number of hydrogen-bond donors (Lipinski definition) is 2. The highest BCUT2D eigenvalue weighted by Gasteiger charge is 2.37. The van der Waals surface area contributed by atoms with Gasteiger partial charge in [-0.15, -0.1) is 10.2 Å². The van der Waals surface area contributed by atoms with E-state index in [1.807, 2.05) is 30.3 Å². The Morgan fingerprint density at radius 3 is 2.41 bits per heavy atom. The molecule has 4 aromatic rings. The Kier molecular flexibility index (Phi) is 10.2. The molecule has 1 atom stereocenters. The lowest BCUT2D eigenvalue weighted by Crippen LogP contribution is -2.47. The van der Waals surface area contributed by atoms with Gasteiger partial charge in [-0.3, -0.25) is 4.79 Å². The van der Waals surface area contributed by atoms with Gasteiger partial charge < -0.3 is 29.5 Å². The average molecular weight is 626 g/mol. The Balaban J connectivity index is 1.69. The number of carbonyl (C=O) groups is 2. The number of hydrogen-bond acceptors (Lipinski definition) is 10. The van der Waals surface area contributed by atoms with Crippen LogP contribution >= 0.6 is 0 Å². The van der Waals surface area contributed by atoms with Gasteiger partial charge in [-0.2, -0.15) is 0 Å². The first-order valence-electron chi connectivity index (χ1n) is 14.6. The summed E-state index contributed by atoms with van der Waals surface area (Å²) in [7, 11) is 1.67. The van der Waals surface area contributed by atoms with E-state index in [0.29, 0.717) is 23.4 Å². The maximum atomic E-state index is 13.6. The van der Waals surface area contributed by atoms with Crippen molar-refractivity contribution in [3.63, 3.8) is 0 Å². The van der Waals surface area contributed by atoms with Gasteiger partial charge in [0.2, 0.25) is 11.8 Å². The molecule has 0 radical (unpaired) electrons. The van der Waals surface area contributed by atoms with Crippen LogP contribution in [0.25, 0.3) is 23.2 Å². The van der Waals surface area contributed by atoms with Gasteiger partial charge in [0.15, 0.2) is 0 Å². The topological polar surface area (TPSA) is 162 Å². The number of carbonyl (C=O) groups excluding carboxylic acids is 2. The smallest absolute Gasteiger partial charge is 0.408 e. The van der Waals surface area contributed by atoms with Crippen LogP contribution in [0.2, 0.25) is 0 Å². The molecule has 0 aliphatic heterocycles. The van der Waals surface area contributed by atoms with Crippen LogP contribution in [0.4, 0.5) is 4.79 Å². The zero-order valence-corrected chi connectivity index (χ0v) is 26.9. The van der Waals surface area contributed by atoms with Crippen molar-refractivity contribution < 1.29 is 23.2 Å². The summed E-state index contributed by atoms with van der Waals surface area (Å²) in [5.41, 5.74) is 6.88. The molecule has 1 unspecified atom stereocenters. The Morgan fingerprint density at radius 2 is 1.78 bits per heavy atom. The molecule has 12 nitrogen and oxygen atoms in total. The number of ether oxygens (including phenoxy) is 1. The lowest BCUT2D eigenvalue weighted by Gasteiger charge is -2.29. The molecule has 3 heterocycles. The molecule has 3 N–H and O–H groups in total. The van der Waals surface area contributed by atoms with E-state index in [0.717, 1.165) is 5.56 Å². The number of pyridine rings is 1. The van der Waals surface area contributed by atoms with Gasteiger partial charge in [-0.05, 0) is 64.0 Å². The lowest BCUT2D eigenvalue weighted by molar-refractivity contribution is 0.0443. The summed E-state index contributed by atoms with van der Waals surface area (Å²) in [6.45, 7) is 13.2. The quantitative estimate of drug-likeness (QED) is 0.194. The highest BCUT2D eigenvalue weighted by atomic mass is 16.6. The van der Waals surface area contributed by atoms with Crippen LogP contribution in [0.1, 0.15) is 56.4 Å². The van der Waals surface area contributed by atoms with Gasteiger partial charge in [-0.25, -0.2) is 14.8 Å². The number of likely N-dealkylation sites (N-methyl/N-ethyl adjacent to an activating group) is 1. The van der Waals surface area contributed by atoms with Crippen LogP contribution in [-0.2, 0) is 16.7 Å². The van der Waals surface area contributed by atoms with E-state index in [1.165, 1.54) is 17.4 Å². The number of oxazole rings is 1. The van der Waals surface area contributed by atoms with Crippen LogP contribution in [0.3, 0.4) is 0 Å². The number of benzene rings is 1. The number of nitrogens with one attached hydrogen (secondary N) is 1. The minimum absolute atomic E-state index is 0.0293. The molecule has 12 heteroatoms. The highest BCUT2D eigenvalue weighted by Crippen LogP contribution is 2.30. The molecular weight excluding hydrogens is 586 g/mol. The van der Waals surface area contributed by atoms with E-state index in [4.69, 9.17) is 19.3 Å². The Bertz CT molecular complexity index is 1730. The molecule has 0 aliphatic rings. The van der Waals surface area contributed by atoms with Crippen LogP contribution < -0.4 is 11.1 Å². The maximum absolute atomic E-state index is 13.6. The van der Waals surface area contributed by atoms with Crippen molar-refractivity contribution in [2.24, 2.45) is 5.73 Å². The van der Waals surface area contributed by atoms with E-state index >= 15 is 0 Å². The number of nitrogens with zero attached hydrogens (tertiary/aromatic N) is 5. The first-order chi connectivity index (χ1) is 21.7. The van der Waals surface area contributed by atoms with Crippen molar-refractivity contribution in [3.05, 3.63) is 108 Å². The second-order valence-electron chi connectivity index (χ2n) is 12.1. The van der Waals surface area contributed by atoms with E-state index in [9.17, 15) is 9.59 Å². The van der Waals surface area contributed by atoms with Crippen molar-refractivity contribution in [2.45, 2.75) is 52.2 Å². The molecule has 1 aromatic carbocycles. The summed E-state index contributed by atoms with van der Waals surface area (Å²) in [5, 5.41) is 11.5. The number of rotatable bonds is 11. The van der Waals surface area contributed by atoms with Crippen molar-refractivity contribution in [3.8, 4) is 23.2 Å². The summed E-state index contributed by atoms with van der Waals surface area (Å²) in [4.78, 5) is 36.8. The van der Waals surface area contributed by atoms with Crippen molar-refractivity contribution in [2.75, 3.05) is 13.6 Å². The van der Waals surface area contributed by atoms with Crippen LogP contribution in [-0.4, -0.2) is 56.3 Å². The van der Waals surface area contributed by atoms with Crippen molar-refractivity contribution >= 4 is 12.0 Å². The normalized spacial score (nSPS) is 13.3. The number of allylic oxidation sites excluding steroid dienone is 3. The van der Waals surface area contributed by atoms with Crippen LogP contribution in [0.15, 0.2) is 99.8 Å². The molecule has 0 fully saturated rings. The summed E-state index contributed by atoms with van der Waals surface area (Å²) in [5.74, 6) is 0.0453. The Hall–Kier alpha value is -5.52. The predicted molar refractivity (Wildman–Crippen MR) is 173 cm³/mol. The third-order valence-corrected chi connectivity index (χ3v) is 6.50. The number of amides is 2. The van der Waals surface area contributed by atoms with Gasteiger partial charge in [0.05, 0.1) is 6.20 Å². The van der Waals surface area contributed by atoms with Gasteiger partial charge in [0.25, 0.3) is 11.8 Å². The summed E-state index contributed by atoms with van der Waals surface area (Å²) in [6.07, 6.45) is 7.88. The average Bonchev–Trinajstić information content (AvgIpc) is 3.69. The molecule has 0 spiro atoms. The standard InChI is InChI=1S/C34H39N7O5/c1-22(12-11-13-23(2)35)21-41(7)30(42)25-18-26(28-36-16-17-44-28)37-27(19-25)29-39-40-31(45-29)34(6,20-24-14-9-8-10-15-24)38-32(43)46-33(3,4)5/h8-19H,1,20-21,35H2,2-7H3,(H,38,43)/b12-11-,23-13-. The fraction of sp³-hybridized carbons (Fsp3) is 0.294. The Labute approximate surface area is 268 Å². The second kappa shape index (κ2) is 14.1. The molecule has 3 aromatic heterocycles. The van der Waals surface area contributed by atoms with Gasteiger partial charge in [0.1, 0.15) is 28.8 Å². The lowest BCUT2D eigenvalue weighted by atomic mass is 9.92. The molecule has 0 bridgehead atoms. The van der Waals surface area contributed by atoms with E-state index in [-0.39, 0.29) is 41.4 Å². The molecule has 46 heavy (non-hydrogen) atoms. The number of aromatic nitrogens is 4. The first-order valence-corrected chi connectivity index (χ1v) is 14.6. The third-order valence-electron chi connectivity index (χ3n) is 6.50. The third kappa shape index (κ3) is 9.00. The number of alkyl carbamates (subject to hydrolysis) is 1. The minimum atomic E-state index is -1.15. The Morgan fingerprint density at radius 1 is 1.09 bits per heavy atom. The largest absolute Gasteiger partial charge is 0.444 e. The molecular formula is C34H39N7O5. The van der Waals surface area contributed by atoms with Crippen LogP contribution in [0, 0.1) is 0 Å². The highest BCUT2D eigenvalue weighted by molar-refractivity contribution is 5.96. The summed E-state index contributed by atoms with van der Waals surface area (Å²) in [6, 6.07) is 12.7. The SMILES string of the molecule is C=C(/C=C\C=C(\C)N)CN(C)C(=O)c1cc(-c2ncco2)nc(-c2nnc(C(C)(Cc3ccccc3)NC(=O)OC(C)(C)C)o2)c1. The molecule has 0 saturated heterocycles. The molecule has 0 aliphatic carbocycles. The van der Waals surface area contributed by atoms with E-state index in [2.05, 4.69) is 32.1 Å². The van der Waals surface area contributed by atoms with Crippen molar-refractivity contribution in [1.29, 1.82) is 0 Å². The zero-order valence-electron chi connectivity index (χ0n) is 26.9. The molecule has 240 valence electrons. The molecule has 2 amide bonds. The fourth-order valence-electron chi connectivity index (χ4n) is 4.46. The van der Waals surface area contributed by atoms with E-state index < -0.39 is 17.2 Å². The van der Waals surface area contributed by atoms with Gasteiger partial charge in [0, 0.05) is 31.3 Å². The summed E-state index contributed by atoms with van der Waals surface area (Å²) >= 11 is 0. The fourth-order valence-corrected chi connectivity index (χ4v) is 4.46. The summed E-state index contributed by atoms with van der Waals surface area (Å²) < 4.78 is 17.2. The molecule has 0 saturated carbocycles. The maximum Gasteiger partial charge on any atom is 0.408 e. The van der Waals surface area contributed by atoms with E-state index in [1.54, 1.807) is 72.0 Å².